The summed E-state index contributed by atoms with van der Waals surface area (Å²) < 4.78 is 25.5. The van der Waals surface area contributed by atoms with Crippen molar-refractivity contribution < 1.29 is 33.0 Å². The molecule has 4 rings (SSSR count). The van der Waals surface area contributed by atoms with Crippen LogP contribution in [-0.4, -0.2) is 76.6 Å². The maximum absolute atomic E-state index is 14.6. The number of rotatable bonds is 10. The highest BCUT2D eigenvalue weighted by Crippen LogP contribution is 2.43. The second-order valence-electron chi connectivity index (χ2n) is 17.0. The van der Waals surface area contributed by atoms with Crippen LogP contribution < -0.4 is 24.9 Å². The Hall–Kier alpha value is -3.65. The number of anilines is 1. The molecule has 0 aromatic heterocycles. The van der Waals surface area contributed by atoms with Gasteiger partial charge in [-0.25, -0.2) is 4.79 Å². The molecule has 278 valence electrons. The van der Waals surface area contributed by atoms with E-state index in [2.05, 4.69) is 84.2 Å². The number of likely N-dealkylation sites (tertiary alicyclic amines) is 1. The Morgan fingerprint density at radius 2 is 1.39 bits per heavy atom. The standard InChI is InChI=1S/C40H58N2O7Si2/c1-38(2,3)48-37(45)41-33-25-35(49-51(40(7,8)9,30-19-15-13-16-20-30)31-21-17-14-18-22-31)34(46-10)24-32(33)36(44)42-26-29(43)23-28(42)27-47-50(11,12)39(4,5)6/h13-22,24-25,28-29,43H,23,26-27H2,1-12H3,(H,41,45)/t28-,29+/m0/s1. The summed E-state index contributed by atoms with van der Waals surface area (Å²) in [6, 6.07) is 23.4. The normalized spacial score (nSPS) is 17.2. The lowest BCUT2D eigenvalue weighted by atomic mass is 10.1. The number of amides is 2. The van der Waals surface area contributed by atoms with Gasteiger partial charge >= 0.3 is 14.4 Å². The van der Waals surface area contributed by atoms with Crippen LogP contribution in [0, 0.1) is 0 Å². The average Bonchev–Trinajstić information content (AvgIpc) is 3.41. The minimum absolute atomic E-state index is 0.0160. The number of methoxy groups -OCH3 is 1. The van der Waals surface area contributed by atoms with Gasteiger partial charge in [0.05, 0.1) is 37.1 Å². The molecule has 9 nitrogen and oxygen atoms in total. The largest absolute Gasteiger partial charge is 0.531 e. The third-order valence-electron chi connectivity index (χ3n) is 9.95. The fraction of sp³-hybridized carbons (Fsp3) is 0.500. The van der Waals surface area contributed by atoms with E-state index >= 15 is 0 Å². The number of aliphatic hydroxyl groups excluding tert-OH is 1. The molecule has 2 N–H and O–H groups in total. The van der Waals surface area contributed by atoms with E-state index < -0.39 is 34.4 Å². The molecule has 0 aliphatic carbocycles. The third kappa shape index (κ3) is 9.05. The molecule has 3 aromatic rings. The van der Waals surface area contributed by atoms with Gasteiger partial charge in [0.2, 0.25) is 0 Å². The van der Waals surface area contributed by atoms with E-state index in [4.69, 9.17) is 18.3 Å². The summed E-state index contributed by atoms with van der Waals surface area (Å²) >= 11 is 0. The minimum atomic E-state index is -3.14. The molecule has 0 bridgehead atoms. The number of β-amino-alcohol motifs (C(OH)–C–C–N with tert-alkyl or cyclic N) is 1. The van der Waals surface area contributed by atoms with Gasteiger partial charge < -0.3 is 28.3 Å². The quantitative estimate of drug-likeness (QED) is 0.207. The van der Waals surface area contributed by atoms with Crippen molar-refractivity contribution in [1.29, 1.82) is 0 Å². The molecule has 0 spiro atoms. The minimum Gasteiger partial charge on any atom is -0.531 e. The smallest absolute Gasteiger partial charge is 0.412 e. The third-order valence-corrected chi connectivity index (χ3v) is 19.4. The van der Waals surface area contributed by atoms with Gasteiger partial charge in [-0.05, 0) is 66.8 Å². The molecular weight excluding hydrogens is 677 g/mol. The van der Waals surface area contributed by atoms with Gasteiger partial charge in [-0.2, -0.15) is 0 Å². The first-order chi connectivity index (χ1) is 23.6. The van der Waals surface area contributed by atoms with Crippen molar-refractivity contribution in [2.75, 3.05) is 25.6 Å². The molecule has 3 aromatic carbocycles. The molecule has 2 atom stereocenters. The van der Waals surface area contributed by atoms with Gasteiger partial charge in [0.15, 0.2) is 14.1 Å². The van der Waals surface area contributed by atoms with E-state index in [-0.39, 0.29) is 39.8 Å². The van der Waals surface area contributed by atoms with Crippen LogP contribution in [0.1, 0.15) is 79.1 Å². The zero-order chi connectivity index (χ0) is 38.0. The fourth-order valence-corrected chi connectivity index (χ4v) is 11.7. The van der Waals surface area contributed by atoms with Crippen molar-refractivity contribution in [2.45, 2.75) is 110 Å². The first-order valence-electron chi connectivity index (χ1n) is 17.7. The first kappa shape index (κ1) is 40.1. The van der Waals surface area contributed by atoms with E-state index in [0.717, 1.165) is 10.4 Å². The Labute approximate surface area is 306 Å². The molecular formula is C40H58N2O7Si2. The number of hydrogen-bond donors (Lipinski definition) is 2. The monoisotopic (exact) mass is 734 g/mol. The van der Waals surface area contributed by atoms with Crippen LogP contribution in [0.15, 0.2) is 72.8 Å². The Kier molecular flexibility index (Phi) is 11.9. The number of nitrogens with one attached hydrogen (secondary N) is 1. The number of benzene rings is 3. The highest BCUT2D eigenvalue weighted by atomic mass is 28.4. The van der Waals surface area contributed by atoms with Crippen LogP contribution in [0.25, 0.3) is 0 Å². The molecule has 1 aliphatic heterocycles. The molecule has 0 radical (unpaired) electrons. The van der Waals surface area contributed by atoms with Crippen molar-refractivity contribution in [3.05, 3.63) is 78.4 Å². The maximum atomic E-state index is 14.6. The van der Waals surface area contributed by atoms with Crippen LogP contribution in [-0.2, 0) is 9.16 Å². The van der Waals surface area contributed by atoms with Gasteiger partial charge in [0.1, 0.15) is 11.4 Å². The Balaban J connectivity index is 1.87. The molecule has 51 heavy (non-hydrogen) atoms. The van der Waals surface area contributed by atoms with Crippen LogP contribution >= 0.6 is 0 Å². The van der Waals surface area contributed by atoms with E-state index in [0.29, 0.717) is 24.5 Å². The fourth-order valence-electron chi connectivity index (χ4n) is 6.28. The maximum Gasteiger partial charge on any atom is 0.412 e. The van der Waals surface area contributed by atoms with Crippen molar-refractivity contribution in [3.8, 4) is 11.5 Å². The zero-order valence-corrected chi connectivity index (χ0v) is 34.5. The topological polar surface area (TPSA) is 107 Å². The van der Waals surface area contributed by atoms with Crippen LogP contribution in [0.5, 0.6) is 11.5 Å². The number of hydrogen-bond acceptors (Lipinski definition) is 7. The molecule has 1 heterocycles. The number of aliphatic hydroxyl groups is 1. The molecule has 0 unspecified atom stereocenters. The summed E-state index contributed by atoms with van der Waals surface area (Å²) in [6.07, 6.45) is -1.03. The Morgan fingerprint density at radius 3 is 1.86 bits per heavy atom. The first-order valence-corrected chi connectivity index (χ1v) is 22.6. The van der Waals surface area contributed by atoms with E-state index in [1.165, 1.54) is 7.11 Å². The summed E-state index contributed by atoms with van der Waals surface area (Å²) in [5.41, 5.74) is -0.368. The number of nitrogens with zero attached hydrogens (tertiary/aromatic N) is 1. The van der Waals surface area contributed by atoms with Gasteiger partial charge in [-0.15, -0.1) is 0 Å². The summed E-state index contributed by atoms with van der Waals surface area (Å²) in [5, 5.41) is 15.4. The Morgan fingerprint density at radius 1 is 0.843 bits per heavy atom. The molecule has 1 fully saturated rings. The van der Waals surface area contributed by atoms with Gasteiger partial charge in [-0.1, -0.05) is 102 Å². The predicted molar refractivity (Wildman–Crippen MR) is 210 cm³/mol. The molecule has 1 aliphatic rings. The molecule has 1 saturated heterocycles. The number of carbonyl (C=O) groups excluding carboxylic acids is 2. The Bertz CT molecular complexity index is 1620. The van der Waals surface area contributed by atoms with Crippen LogP contribution in [0.4, 0.5) is 10.5 Å². The highest BCUT2D eigenvalue weighted by Gasteiger charge is 2.52. The SMILES string of the molecule is COc1cc(C(=O)N2C[C@H](O)C[C@H]2CO[Si](C)(C)C(C)(C)C)c(NC(=O)OC(C)(C)C)cc1O[Si](c1ccccc1)(c1ccccc1)C(C)(C)C. The van der Waals surface area contributed by atoms with Crippen molar-refractivity contribution in [2.24, 2.45) is 0 Å². The zero-order valence-electron chi connectivity index (χ0n) is 32.5. The second kappa shape index (κ2) is 15.1. The molecule has 0 saturated carbocycles. The van der Waals surface area contributed by atoms with E-state index in [1.54, 1.807) is 37.8 Å². The number of ether oxygens (including phenoxy) is 2. The lowest BCUT2D eigenvalue weighted by Crippen LogP contribution is -2.68. The van der Waals surface area contributed by atoms with Crippen molar-refractivity contribution in [3.63, 3.8) is 0 Å². The summed E-state index contributed by atoms with van der Waals surface area (Å²) in [4.78, 5) is 29.5. The van der Waals surface area contributed by atoms with Crippen LogP contribution in [0.3, 0.4) is 0 Å². The summed E-state index contributed by atoms with van der Waals surface area (Å²) in [5.74, 6) is 0.361. The lowest BCUT2D eigenvalue weighted by molar-refractivity contribution is 0.0635. The van der Waals surface area contributed by atoms with Gasteiger partial charge in [-0.3, -0.25) is 10.1 Å². The highest BCUT2D eigenvalue weighted by molar-refractivity contribution is 7.00. The van der Waals surface area contributed by atoms with Gasteiger partial charge in [0.25, 0.3) is 5.91 Å². The number of carbonyl (C=O) groups is 2. The van der Waals surface area contributed by atoms with E-state index in [1.807, 2.05) is 36.4 Å². The summed E-state index contributed by atoms with van der Waals surface area (Å²) in [6.45, 7) is 23.2. The summed E-state index contributed by atoms with van der Waals surface area (Å²) in [7, 11) is -3.73. The van der Waals surface area contributed by atoms with Crippen molar-refractivity contribution in [1.82, 2.24) is 4.90 Å². The average molecular weight is 735 g/mol. The predicted octanol–water partition coefficient (Wildman–Crippen LogP) is 7.58. The van der Waals surface area contributed by atoms with E-state index in [9.17, 15) is 14.7 Å². The van der Waals surface area contributed by atoms with Crippen LogP contribution in [0.2, 0.25) is 23.2 Å². The van der Waals surface area contributed by atoms with Crippen molar-refractivity contribution >= 4 is 44.7 Å². The second-order valence-corrected chi connectivity index (χ2v) is 26.0. The molecule has 11 heteroatoms. The molecule has 2 amide bonds. The van der Waals surface area contributed by atoms with Gasteiger partial charge in [0, 0.05) is 12.6 Å². The lowest BCUT2D eigenvalue weighted by Gasteiger charge is -2.43.